The van der Waals surface area contributed by atoms with Crippen LogP contribution in [0.2, 0.25) is 0 Å². The molecule has 4 unspecified atom stereocenters. The van der Waals surface area contributed by atoms with Gasteiger partial charge in [-0.2, -0.15) is 0 Å². The van der Waals surface area contributed by atoms with Gasteiger partial charge in [0.1, 0.15) is 12.2 Å². The summed E-state index contributed by atoms with van der Waals surface area (Å²) >= 11 is 0. The first-order valence-corrected chi connectivity index (χ1v) is 10.5. The van der Waals surface area contributed by atoms with Crippen LogP contribution in [0.5, 0.6) is 0 Å². The summed E-state index contributed by atoms with van der Waals surface area (Å²) in [6.45, 7) is 3.89. The molecular weight excluding hydrogens is 392 g/mol. The van der Waals surface area contributed by atoms with Crippen molar-refractivity contribution in [3.8, 4) is 0 Å². The van der Waals surface area contributed by atoms with Gasteiger partial charge in [0.05, 0.1) is 6.04 Å². The Morgan fingerprint density at radius 3 is 1.80 bits per heavy atom. The Morgan fingerprint density at radius 2 is 1.43 bits per heavy atom. The maximum absolute atomic E-state index is 11.4. The molecule has 0 bridgehead atoms. The fourth-order valence-electron chi connectivity index (χ4n) is 2.53. The number of amides is 2. The molecule has 2 aliphatic rings. The highest BCUT2D eigenvalue weighted by atomic mass is 16.3. The Balaban J connectivity index is 0.000000522. The molecule has 30 heavy (non-hydrogen) atoms. The average Bonchev–Trinajstić information content (AvgIpc) is 3.66. The molecule has 7 N–H and O–H groups in total. The van der Waals surface area contributed by atoms with Crippen molar-refractivity contribution in [3.05, 3.63) is 10.4 Å². The quantitative estimate of drug-likeness (QED) is 0.156. The van der Waals surface area contributed by atoms with E-state index in [1.807, 2.05) is 13.8 Å². The molecule has 0 aromatic heterocycles. The van der Waals surface area contributed by atoms with Crippen LogP contribution in [0.15, 0.2) is 5.11 Å². The van der Waals surface area contributed by atoms with Crippen LogP contribution in [0, 0.1) is 0 Å². The van der Waals surface area contributed by atoms with Crippen molar-refractivity contribution < 1.29 is 24.9 Å². The highest BCUT2D eigenvalue weighted by molar-refractivity contribution is 5.82. The molecule has 2 aliphatic carbocycles. The lowest BCUT2D eigenvalue weighted by Crippen LogP contribution is -2.46. The molecular formula is C19H38N6O5. The van der Waals surface area contributed by atoms with Crippen molar-refractivity contribution in [1.82, 2.24) is 10.6 Å². The zero-order valence-corrected chi connectivity index (χ0v) is 18.2. The molecule has 0 heterocycles. The predicted octanol–water partition coefficient (Wildman–Crippen LogP) is 0.467. The minimum Gasteiger partial charge on any atom is -0.400 e. The predicted molar refractivity (Wildman–Crippen MR) is 113 cm³/mol. The highest BCUT2D eigenvalue weighted by Gasteiger charge is 2.30. The van der Waals surface area contributed by atoms with E-state index in [1.54, 1.807) is 0 Å². The second-order valence-corrected chi connectivity index (χ2v) is 7.47. The molecule has 2 amide bonds. The number of rotatable bonds is 11. The summed E-state index contributed by atoms with van der Waals surface area (Å²) in [4.78, 5) is 25.3. The number of nitrogens with zero attached hydrogens (tertiary/aromatic N) is 3. The molecule has 0 aromatic rings. The second kappa shape index (κ2) is 15.9. The van der Waals surface area contributed by atoms with E-state index in [2.05, 4.69) is 20.7 Å². The fourth-order valence-corrected chi connectivity index (χ4v) is 2.53. The zero-order valence-electron chi connectivity index (χ0n) is 18.2. The minimum absolute atomic E-state index is 0.209. The number of carbonyl (C=O) groups excluding carboxylic acids is 2. The standard InChI is InChI=1S/C9H16N4O2.C9H18N2O2.CH4O/c1-2-3-7(12-13-10)8(14)9(15)11-6-4-5-6;1-2-3-7(10)8(12)9(13)11-6-4-5-6;1-2/h6-8,14H,2-5H2,1H3,(H,11,15);6-8,12H,2-5,10H2,1H3,(H,11,13);2H,1H3. The summed E-state index contributed by atoms with van der Waals surface area (Å²) in [5.41, 5.74) is 13.9. The number of aliphatic hydroxyl groups excluding tert-OH is 3. The van der Waals surface area contributed by atoms with Crippen molar-refractivity contribution >= 4 is 11.8 Å². The Hall–Kier alpha value is -1.91. The lowest BCUT2D eigenvalue weighted by Gasteiger charge is -2.17. The minimum atomic E-state index is -1.22. The monoisotopic (exact) mass is 430 g/mol. The smallest absolute Gasteiger partial charge is 0.250 e. The normalized spacial score (nSPS) is 18.6. The van der Waals surface area contributed by atoms with Gasteiger partial charge in [-0.1, -0.05) is 31.8 Å². The molecule has 0 spiro atoms. The summed E-state index contributed by atoms with van der Waals surface area (Å²) in [6.07, 6.45) is 4.58. The van der Waals surface area contributed by atoms with Crippen LogP contribution in [-0.4, -0.2) is 70.6 Å². The molecule has 0 radical (unpaired) electrons. The van der Waals surface area contributed by atoms with E-state index in [0.29, 0.717) is 12.8 Å². The van der Waals surface area contributed by atoms with E-state index in [-0.39, 0.29) is 18.0 Å². The molecule has 2 rings (SSSR count). The van der Waals surface area contributed by atoms with Crippen LogP contribution >= 0.6 is 0 Å². The fraction of sp³-hybridized carbons (Fsp3) is 0.895. The number of azide groups is 1. The Bertz CT molecular complexity index is 550. The molecule has 0 aliphatic heterocycles. The lowest BCUT2D eigenvalue weighted by molar-refractivity contribution is -0.131. The van der Waals surface area contributed by atoms with Gasteiger partial charge in [0.25, 0.3) is 5.91 Å². The molecule has 11 heteroatoms. The van der Waals surface area contributed by atoms with Gasteiger partial charge in [-0.3, -0.25) is 9.59 Å². The first-order valence-electron chi connectivity index (χ1n) is 10.5. The molecule has 0 aromatic carbocycles. The maximum atomic E-state index is 11.4. The second-order valence-electron chi connectivity index (χ2n) is 7.47. The van der Waals surface area contributed by atoms with Gasteiger partial charge in [0, 0.05) is 30.1 Å². The van der Waals surface area contributed by atoms with Gasteiger partial charge in [0.2, 0.25) is 5.91 Å². The van der Waals surface area contributed by atoms with Crippen molar-refractivity contribution in [2.24, 2.45) is 10.8 Å². The van der Waals surface area contributed by atoms with Crippen LogP contribution in [0.4, 0.5) is 0 Å². The summed E-state index contributed by atoms with van der Waals surface area (Å²) in [5.74, 6) is -0.744. The first kappa shape index (κ1) is 28.1. The molecule has 4 atom stereocenters. The van der Waals surface area contributed by atoms with E-state index in [0.717, 1.165) is 45.6 Å². The zero-order chi connectivity index (χ0) is 23.1. The van der Waals surface area contributed by atoms with E-state index in [1.165, 1.54) is 0 Å². The number of hydrogen-bond acceptors (Lipinski definition) is 7. The Labute approximate surface area is 178 Å². The third-order valence-corrected chi connectivity index (χ3v) is 4.56. The van der Waals surface area contributed by atoms with Gasteiger partial charge in [0.15, 0.2) is 0 Å². The summed E-state index contributed by atoms with van der Waals surface area (Å²) < 4.78 is 0. The maximum Gasteiger partial charge on any atom is 0.250 e. The van der Waals surface area contributed by atoms with E-state index in [4.69, 9.17) is 16.4 Å². The molecule has 11 nitrogen and oxygen atoms in total. The largest absolute Gasteiger partial charge is 0.400 e. The average molecular weight is 431 g/mol. The van der Waals surface area contributed by atoms with Gasteiger partial charge in [-0.05, 0) is 44.1 Å². The SMILES string of the molecule is CCCC(N)C(O)C(=O)NC1CC1.CCCC(N=[N+]=[N-])C(O)C(=O)NC1CC1.CO. The number of aliphatic hydroxyl groups is 3. The summed E-state index contributed by atoms with van der Waals surface area (Å²) in [7, 11) is 1.00. The van der Waals surface area contributed by atoms with Crippen molar-refractivity contribution in [1.29, 1.82) is 0 Å². The highest BCUT2D eigenvalue weighted by Crippen LogP contribution is 2.20. The van der Waals surface area contributed by atoms with Crippen molar-refractivity contribution in [2.45, 2.75) is 102 Å². The van der Waals surface area contributed by atoms with Crippen LogP contribution < -0.4 is 16.4 Å². The molecule has 0 saturated heterocycles. The van der Waals surface area contributed by atoms with Gasteiger partial charge >= 0.3 is 0 Å². The van der Waals surface area contributed by atoms with Crippen molar-refractivity contribution in [3.63, 3.8) is 0 Å². The van der Waals surface area contributed by atoms with Crippen molar-refractivity contribution in [2.75, 3.05) is 7.11 Å². The number of hydrogen-bond donors (Lipinski definition) is 6. The number of nitrogens with two attached hydrogens (primary N) is 1. The van der Waals surface area contributed by atoms with Gasteiger partial charge in [-0.15, -0.1) is 0 Å². The third-order valence-electron chi connectivity index (χ3n) is 4.56. The number of carbonyl (C=O) groups is 2. The van der Waals surface area contributed by atoms with Crippen LogP contribution in [0.3, 0.4) is 0 Å². The van der Waals surface area contributed by atoms with Gasteiger partial charge in [-0.25, -0.2) is 0 Å². The Morgan fingerprint density at radius 1 is 1.00 bits per heavy atom. The van der Waals surface area contributed by atoms with Crippen LogP contribution in [0.1, 0.15) is 65.2 Å². The third kappa shape index (κ3) is 11.9. The topological polar surface area (TPSA) is 194 Å². The molecule has 2 fully saturated rings. The molecule has 174 valence electrons. The number of nitrogens with one attached hydrogen (secondary N) is 2. The summed E-state index contributed by atoms with van der Waals surface area (Å²) in [6, 6.07) is -0.584. The van der Waals surface area contributed by atoms with E-state index < -0.39 is 30.2 Å². The summed E-state index contributed by atoms with van der Waals surface area (Å²) in [5, 5.41) is 34.9. The van der Waals surface area contributed by atoms with Crippen LogP contribution in [0.25, 0.3) is 10.4 Å². The van der Waals surface area contributed by atoms with E-state index >= 15 is 0 Å². The van der Waals surface area contributed by atoms with Gasteiger partial charge < -0.3 is 31.7 Å². The Kier molecular flexibility index (Phi) is 14.9. The molecule has 2 saturated carbocycles. The first-order chi connectivity index (χ1) is 14.3. The van der Waals surface area contributed by atoms with Crippen LogP contribution in [-0.2, 0) is 9.59 Å². The lowest BCUT2D eigenvalue weighted by atomic mass is 10.1. The van der Waals surface area contributed by atoms with E-state index in [9.17, 15) is 19.8 Å².